The van der Waals surface area contributed by atoms with Crippen LogP contribution < -0.4 is 10.9 Å². The monoisotopic (exact) mass is 388 g/mol. The Bertz CT molecular complexity index is 1270. The largest absolute Gasteiger partial charge is 0.376 e. The Kier molecular flexibility index (Phi) is 4.36. The molecule has 1 aliphatic rings. The van der Waals surface area contributed by atoms with E-state index >= 15 is 0 Å². The summed E-state index contributed by atoms with van der Waals surface area (Å²) in [6.07, 6.45) is 4.38. The summed E-state index contributed by atoms with van der Waals surface area (Å²) < 4.78 is 7.79. The number of aromatic amines is 1. The Labute approximate surface area is 168 Å². The van der Waals surface area contributed by atoms with E-state index in [4.69, 9.17) is 9.72 Å². The lowest BCUT2D eigenvalue weighted by Gasteiger charge is -2.13. The van der Waals surface area contributed by atoms with Gasteiger partial charge in [-0.15, -0.1) is 0 Å². The molecule has 1 aliphatic heterocycles. The van der Waals surface area contributed by atoms with Crippen molar-refractivity contribution in [3.05, 3.63) is 64.1 Å². The molecule has 0 saturated carbocycles. The highest BCUT2D eigenvalue weighted by atomic mass is 16.5. The van der Waals surface area contributed by atoms with E-state index in [2.05, 4.69) is 17.2 Å². The van der Waals surface area contributed by atoms with E-state index < -0.39 is 0 Å². The molecule has 0 bridgehead atoms. The van der Waals surface area contributed by atoms with E-state index in [-0.39, 0.29) is 11.7 Å². The minimum absolute atomic E-state index is 0.132. The number of imidazole rings is 1. The molecule has 6 heteroatoms. The van der Waals surface area contributed by atoms with E-state index in [0.717, 1.165) is 52.9 Å². The Hall–Kier alpha value is -3.12. The zero-order valence-electron chi connectivity index (χ0n) is 16.7. The highest BCUT2D eigenvalue weighted by Gasteiger charge is 2.21. The van der Waals surface area contributed by atoms with Crippen LogP contribution in [0.25, 0.3) is 27.8 Å². The van der Waals surface area contributed by atoms with Crippen molar-refractivity contribution in [2.24, 2.45) is 0 Å². The highest BCUT2D eigenvalue weighted by molar-refractivity contribution is 5.87. The lowest BCUT2D eigenvalue weighted by Crippen LogP contribution is -2.20. The van der Waals surface area contributed by atoms with Crippen LogP contribution in [0.3, 0.4) is 0 Å². The number of fused-ring (bicyclic) bond motifs is 2. The highest BCUT2D eigenvalue weighted by Crippen LogP contribution is 2.29. The average Bonchev–Trinajstić information content (AvgIpc) is 3.34. The lowest BCUT2D eigenvalue weighted by molar-refractivity contribution is 0.120. The van der Waals surface area contributed by atoms with Gasteiger partial charge in [0.1, 0.15) is 17.2 Å². The fraction of sp³-hybridized carbons (Fsp3) is 0.304. The summed E-state index contributed by atoms with van der Waals surface area (Å²) >= 11 is 0. The molecule has 0 amide bonds. The zero-order valence-corrected chi connectivity index (χ0v) is 16.7. The summed E-state index contributed by atoms with van der Waals surface area (Å²) in [4.78, 5) is 20.8. The van der Waals surface area contributed by atoms with Crippen molar-refractivity contribution in [2.45, 2.75) is 32.8 Å². The van der Waals surface area contributed by atoms with Crippen LogP contribution in [0.2, 0.25) is 0 Å². The van der Waals surface area contributed by atoms with Crippen LogP contribution in [0.15, 0.2) is 47.4 Å². The molecule has 5 rings (SSSR count). The first-order chi connectivity index (χ1) is 14.1. The number of hydrogen-bond acceptors (Lipinski definition) is 4. The summed E-state index contributed by atoms with van der Waals surface area (Å²) in [5.41, 5.74) is 4.96. The first-order valence-corrected chi connectivity index (χ1v) is 10.1. The van der Waals surface area contributed by atoms with Crippen LogP contribution >= 0.6 is 0 Å². The molecule has 1 atom stereocenters. The Morgan fingerprint density at radius 1 is 1.28 bits per heavy atom. The number of nitrogens with zero attached hydrogens (tertiary/aromatic N) is 2. The molecule has 1 saturated heterocycles. The molecule has 148 valence electrons. The molecule has 0 spiro atoms. The molecule has 29 heavy (non-hydrogen) atoms. The third-order valence-corrected chi connectivity index (χ3v) is 5.63. The first-order valence-electron chi connectivity index (χ1n) is 10.1. The van der Waals surface area contributed by atoms with Gasteiger partial charge in [-0.2, -0.15) is 0 Å². The first kappa shape index (κ1) is 17.9. The van der Waals surface area contributed by atoms with Gasteiger partial charge in [0.2, 0.25) is 0 Å². The maximum absolute atomic E-state index is 13.0. The number of nitrogens with one attached hydrogen (secondary N) is 2. The summed E-state index contributed by atoms with van der Waals surface area (Å²) in [5.74, 6) is 0.830. The van der Waals surface area contributed by atoms with Crippen molar-refractivity contribution in [2.75, 3.05) is 18.5 Å². The van der Waals surface area contributed by atoms with Crippen molar-refractivity contribution in [3.63, 3.8) is 0 Å². The standard InChI is InChI=1S/C23H24N4O2/c1-14-8-9-19-25-21(22(27(19)13-14)24-12-17-7-4-10-29-17)18-11-16-6-3-5-15(2)20(16)26-23(18)28/h3,5-6,8-9,11,13,17,24H,4,7,10,12H2,1-2H3,(H,26,28). The average molecular weight is 388 g/mol. The second-order valence-corrected chi connectivity index (χ2v) is 7.81. The third kappa shape index (κ3) is 3.19. The minimum Gasteiger partial charge on any atom is -0.376 e. The zero-order chi connectivity index (χ0) is 20.0. The number of ether oxygens (including phenoxy) is 1. The van der Waals surface area contributed by atoms with Crippen LogP contribution in [0, 0.1) is 13.8 Å². The summed E-state index contributed by atoms with van der Waals surface area (Å²) in [5, 5.41) is 4.51. The topological polar surface area (TPSA) is 71.4 Å². The number of anilines is 1. The van der Waals surface area contributed by atoms with Crippen molar-refractivity contribution in [3.8, 4) is 11.3 Å². The number of pyridine rings is 2. The fourth-order valence-corrected chi connectivity index (χ4v) is 4.08. The van der Waals surface area contributed by atoms with Gasteiger partial charge in [0.25, 0.3) is 5.56 Å². The van der Waals surface area contributed by atoms with Crippen molar-refractivity contribution >= 4 is 22.4 Å². The molecule has 2 N–H and O–H groups in total. The molecular formula is C23H24N4O2. The van der Waals surface area contributed by atoms with Crippen LogP contribution in [0.1, 0.15) is 24.0 Å². The second kappa shape index (κ2) is 7.04. The second-order valence-electron chi connectivity index (χ2n) is 7.81. The summed E-state index contributed by atoms with van der Waals surface area (Å²) in [6, 6.07) is 12.0. The number of para-hydroxylation sites is 1. The Morgan fingerprint density at radius 2 is 2.17 bits per heavy atom. The van der Waals surface area contributed by atoms with Gasteiger partial charge in [0, 0.05) is 19.3 Å². The van der Waals surface area contributed by atoms with Gasteiger partial charge in [-0.25, -0.2) is 4.98 Å². The SMILES string of the molecule is Cc1ccc2nc(-c3cc4cccc(C)c4[nH]c3=O)c(NCC3CCCO3)n2c1. The number of hydrogen-bond donors (Lipinski definition) is 2. The number of benzene rings is 1. The quantitative estimate of drug-likeness (QED) is 0.553. The molecule has 6 nitrogen and oxygen atoms in total. The predicted octanol–water partition coefficient (Wildman–Crippen LogP) is 4.05. The molecule has 0 radical (unpaired) electrons. The minimum atomic E-state index is -0.132. The van der Waals surface area contributed by atoms with Crippen molar-refractivity contribution in [1.29, 1.82) is 0 Å². The fourth-order valence-electron chi connectivity index (χ4n) is 4.08. The molecular weight excluding hydrogens is 364 g/mol. The Morgan fingerprint density at radius 3 is 3.00 bits per heavy atom. The number of H-pyrrole nitrogens is 1. The third-order valence-electron chi connectivity index (χ3n) is 5.63. The van der Waals surface area contributed by atoms with Gasteiger partial charge >= 0.3 is 0 Å². The van der Waals surface area contributed by atoms with Crippen LogP contribution in [0.4, 0.5) is 5.82 Å². The molecule has 4 heterocycles. The van der Waals surface area contributed by atoms with Crippen LogP contribution in [-0.2, 0) is 4.74 Å². The van der Waals surface area contributed by atoms with Crippen molar-refractivity contribution in [1.82, 2.24) is 14.4 Å². The van der Waals surface area contributed by atoms with E-state index in [1.807, 2.05) is 53.9 Å². The number of rotatable bonds is 4. The van der Waals surface area contributed by atoms with Gasteiger partial charge in [-0.05, 0) is 55.3 Å². The van der Waals surface area contributed by atoms with Crippen LogP contribution in [0.5, 0.6) is 0 Å². The smallest absolute Gasteiger partial charge is 0.258 e. The van der Waals surface area contributed by atoms with E-state index in [9.17, 15) is 4.79 Å². The van der Waals surface area contributed by atoms with E-state index in [0.29, 0.717) is 17.8 Å². The maximum atomic E-state index is 13.0. The normalized spacial score (nSPS) is 16.7. The summed E-state index contributed by atoms with van der Waals surface area (Å²) in [6.45, 7) is 5.56. The molecule has 4 aromatic rings. The van der Waals surface area contributed by atoms with Crippen molar-refractivity contribution < 1.29 is 4.74 Å². The van der Waals surface area contributed by atoms with Gasteiger partial charge in [0.15, 0.2) is 0 Å². The van der Waals surface area contributed by atoms with Crippen LogP contribution in [-0.4, -0.2) is 33.6 Å². The summed E-state index contributed by atoms with van der Waals surface area (Å²) in [7, 11) is 0. The van der Waals surface area contributed by atoms with E-state index in [1.54, 1.807) is 0 Å². The lowest BCUT2D eigenvalue weighted by atomic mass is 10.1. The Balaban J connectivity index is 1.67. The van der Waals surface area contributed by atoms with Gasteiger partial charge in [-0.3, -0.25) is 9.20 Å². The molecule has 3 aromatic heterocycles. The van der Waals surface area contributed by atoms with Gasteiger partial charge in [0.05, 0.1) is 17.2 Å². The maximum Gasteiger partial charge on any atom is 0.258 e. The van der Waals surface area contributed by atoms with Gasteiger partial charge in [-0.1, -0.05) is 24.3 Å². The molecule has 0 aliphatic carbocycles. The van der Waals surface area contributed by atoms with Gasteiger partial charge < -0.3 is 15.0 Å². The predicted molar refractivity (Wildman–Crippen MR) is 116 cm³/mol. The molecule has 1 unspecified atom stereocenters. The number of aryl methyl sites for hydroxylation is 2. The molecule has 1 aromatic carbocycles. The van der Waals surface area contributed by atoms with E-state index in [1.165, 1.54) is 0 Å². The number of aromatic nitrogens is 3. The molecule has 1 fully saturated rings.